The molecule has 0 bridgehead atoms. The summed E-state index contributed by atoms with van der Waals surface area (Å²) in [6, 6.07) is 3.59. The molecule has 0 spiro atoms. The second kappa shape index (κ2) is 8.49. The Bertz CT molecular complexity index is 911. The second-order valence-electron chi connectivity index (χ2n) is 6.13. The van der Waals surface area contributed by atoms with Crippen molar-refractivity contribution in [3.8, 4) is 0 Å². The minimum absolute atomic E-state index is 0.129. The van der Waals surface area contributed by atoms with Crippen LogP contribution in [0.1, 0.15) is 45.2 Å². The number of hydrogen-bond donors (Lipinski definition) is 2. The Morgan fingerprint density at radius 1 is 1.30 bits per heavy atom. The molecule has 0 aliphatic heterocycles. The Morgan fingerprint density at radius 3 is 2.78 bits per heavy atom. The van der Waals surface area contributed by atoms with Crippen molar-refractivity contribution in [1.82, 2.24) is 5.32 Å². The highest BCUT2D eigenvalue weighted by Crippen LogP contribution is 2.38. The molecule has 2 aromatic rings. The number of anilines is 1. The van der Waals surface area contributed by atoms with Crippen LogP contribution in [0.3, 0.4) is 0 Å². The summed E-state index contributed by atoms with van der Waals surface area (Å²) in [6.45, 7) is 1.83. The van der Waals surface area contributed by atoms with Crippen LogP contribution in [-0.4, -0.2) is 24.1 Å². The largest absolute Gasteiger partial charge is 0.465 e. The molecule has 0 aromatic carbocycles. The first-order valence-corrected chi connectivity index (χ1v) is 9.79. The van der Waals surface area contributed by atoms with Gasteiger partial charge >= 0.3 is 5.97 Å². The van der Waals surface area contributed by atoms with E-state index in [4.69, 9.17) is 21.4 Å². The summed E-state index contributed by atoms with van der Waals surface area (Å²) in [5, 5.41) is 6.30. The quantitative estimate of drug-likeness (QED) is 0.458. The number of thiophene rings is 1. The molecule has 8 heteroatoms. The van der Waals surface area contributed by atoms with Crippen molar-refractivity contribution >= 4 is 51.6 Å². The SMILES string of the molecule is COC(=O)c1c(NC(=S)NC(=O)C=Cc2ccc(C)o2)sc2c1CCCC2. The van der Waals surface area contributed by atoms with Crippen LogP contribution in [0.15, 0.2) is 22.6 Å². The lowest BCUT2D eigenvalue weighted by Crippen LogP contribution is -2.33. The third kappa shape index (κ3) is 4.64. The highest BCUT2D eigenvalue weighted by Gasteiger charge is 2.26. The van der Waals surface area contributed by atoms with Crippen molar-refractivity contribution in [3.05, 3.63) is 45.7 Å². The number of aryl methyl sites for hydroxylation is 2. The normalized spacial score (nSPS) is 13.3. The van der Waals surface area contributed by atoms with Crippen LogP contribution >= 0.6 is 23.6 Å². The average molecular weight is 405 g/mol. The predicted molar refractivity (Wildman–Crippen MR) is 109 cm³/mol. The van der Waals surface area contributed by atoms with Crippen molar-refractivity contribution in [1.29, 1.82) is 0 Å². The number of carbonyl (C=O) groups excluding carboxylic acids is 2. The van der Waals surface area contributed by atoms with E-state index in [1.807, 2.05) is 13.0 Å². The monoisotopic (exact) mass is 404 g/mol. The molecule has 0 atom stereocenters. The summed E-state index contributed by atoms with van der Waals surface area (Å²) in [5.74, 6) is 0.575. The second-order valence-corrected chi connectivity index (χ2v) is 7.65. The first kappa shape index (κ1) is 19.3. The summed E-state index contributed by atoms with van der Waals surface area (Å²) in [7, 11) is 1.36. The van der Waals surface area contributed by atoms with Crippen LogP contribution < -0.4 is 10.6 Å². The van der Waals surface area contributed by atoms with Crippen molar-refractivity contribution in [2.24, 2.45) is 0 Å². The molecule has 0 fully saturated rings. The van der Waals surface area contributed by atoms with Gasteiger partial charge in [-0.2, -0.15) is 0 Å². The van der Waals surface area contributed by atoms with Crippen LogP contribution in [0.2, 0.25) is 0 Å². The number of carbonyl (C=O) groups is 2. The number of methoxy groups -OCH3 is 1. The predicted octanol–water partition coefficient (Wildman–Crippen LogP) is 3.84. The van der Waals surface area contributed by atoms with E-state index in [-0.39, 0.29) is 17.0 Å². The van der Waals surface area contributed by atoms with E-state index in [0.717, 1.165) is 37.0 Å². The van der Waals surface area contributed by atoms with Gasteiger partial charge in [0.15, 0.2) is 5.11 Å². The number of furan rings is 1. The molecule has 6 nitrogen and oxygen atoms in total. The van der Waals surface area contributed by atoms with Gasteiger partial charge in [-0.15, -0.1) is 11.3 Å². The molecule has 1 amide bonds. The number of nitrogens with one attached hydrogen (secondary N) is 2. The molecule has 0 saturated heterocycles. The van der Waals surface area contributed by atoms with E-state index in [2.05, 4.69) is 10.6 Å². The molecule has 0 unspecified atom stereocenters. The number of esters is 1. The maximum Gasteiger partial charge on any atom is 0.341 e. The van der Waals surface area contributed by atoms with E-state index in [9.17, 15) is 9.59 Å². The van der Waals surface area contributed by atoms with Crippen molar-refractivity contribution in [3.63, 3.8) is 0 Å². The zero-order valence-electron chi connectivity index (χ0n) is 15.1. The molecule has 27 heavy (non-hydrogen) atoms. The zero-order chi connectivity index (χ0) is 19.4. The number of ether oxygens (including phenoxy) is 1. The molecule has 0 radical (unpaired) electrons. The molecule has 2 N–H and O–H groups in total. The minimum atomic E-state index is -0.390. The summed E-state index contributed by atoms with van der Waals surface area (Å²) in [6.07, 6.45) is 6.84. The lowest BCUT2D eigenvalue weighted by atomic mass is 9.95. The molecule has 2 heterocycles. The van der Waals surface area contributed by atoms with Crippen LogP contribution in [0, 0.1) is 6.92 Å². The molecule has 2 aromatic heterocycles. The van der Waals surface area contributed by atoms with Crippen molar-refractivity contribution < 1.29 is 18.7 Å². The molecule has 1 aliphatic carbocycles. The summed E-state index contributed by atoms with van der Waals surface area (Å²) in [5.41, 5.74) is 1.55. The van der Waals surface area contributed by atoms with Gasteiger partial charge in [0.25, 0.3) is 0 Å². The molecule has 0 saturated carbocycles. The fourth-order valence-corrected chi connectivity index (χ4v) is 4.51. The number of fused-ring (bicyclic) bond motifs is 1. The highest BCUT2D eigenvalue weighted by atomic mass is 32.1. The van der Waals surface area contributed by atoms with Gasteiger partial charge in [-0.25, -0.2) is 4.79 Å². The van der Waals surface area contributed by atoms with Gasteiger partial charge in [0.2, 0.25) is 5.91 Å². The smallest absolute Gasteiger partial charge is 0.341 e. The Kier molecular flexibility index (Phi) is 6.08. The van der Waals surface area contributed by atoms with Crippen LogP contribution in [0.5, 0.6) is 0 Å². The van der Waals surface area contributed by atoms with Crippen LogP contribution in [-0.2, 0) is 22.4 Å². The summed E-state index contributed by atoms with van der Waals surface area (Å²) < 4.78 is 10.3. The fourth-order valence-electron chi connectivity index (χ4n) is 2.96. The van der Waals surface area contributed by atoms with Gasteiger partial charge in [0.05, 0.1) is 12.7 Å². The van der Waals surface area contributed by atoms with Gasteiger partial charge < -0.3 is 14.5 Å². The summed E-state index contributed by atoms with van der Waals surface area (Å²) >= 11 is 6.71. The number of hydrogen-bond acceptors (Lipinski definition) is 6. The molecule has 3 rings (SSSR count). The van der Waals surface area contributed by atoms with Crippen LogP contribution in [0.4, 0.5) is 5.00 Å². The fraction of sp³-hybridized carbons (Fsp3) is 0.316. The minimum Gasteiger partial charge on any atom is -0.465 e. The molecular weight excluding hydrogens is 384 g/mol. The van der Waals surface area contributed by atoms with E-state index in [1.165, 1.54) is 29.4 Å². The van der Waals surface area contributed by atoms with Gasteiger partial charge in [-0.3, -0.25) is 10.1 Å². The zero-order valence-corrected chi connectivity index (χ0v) is 16.7. The molecular formula is C19H20N2O4S2. The first-order chi connectivity index (χ1) is 13.0. The molecule has 1 aliphatic rings. The Balaban J connectivity index is 1.68. The van der Waals surface area contributed by atoms with Crippen molar-refractivity contribution in [2.75, 3.05) is 12.4 Å². The maximum atomic E-state index is 12.2. The van der Waals surface area contributed by atoms with Crippen LogP contribution in [0.25, 0.3) is 6.08 Å². The summed E-state index contributed by atoms with van der Waals surface area (Å²) in [4.78, 5) is 25.4. The maximum absolute atomic E-state index is 12.2. The van der Waals surface area contributed by atoms with Crippen molar-refractivity contribution in [2.45, 2.75) is 32.6 Å². The number of rotatable bonds is 4. The van der Waals surface area contributed by atoms with Gasteiger partial charge in [0.1, 0.15) is 16.5 Å². The Labute approximate surface area is 166 Å². The highest BCUT2D eigenvalue weighted by molar-refractivity contribution is 7.80. The Morgan fingerprint density at radius 2 is 2.07 bits per heavy atom. The van der Waals surface area contributed by atoms with E-state index in [1.54, 1.807) is 12.1 Å². The van der Waals surface area contributed by atoms with Gasteiger partial charge in [-0.1, -0.05) is 0 Å². The average Bonchev–Trinajstić information content (AvgIpc) is 3.22. The van der Waals surface area contributed by atoms with E-state index >= 15 is 0 Å². The number of thiocarbonyl (C=S) groups is 1. The topological polar surface area (TPSA) is 80.6 Å². The van der Waals surface area contributed by atoms with E-state index < -0.39 is 0 Å². The van der Waals surface area contributed by atoms with Gasteiger partial charge in [0, 0.05) is 11.0 Å². The lowest BCUT2D eigenvalue weighted by Gasteiger charge is -2.12. The number of amides is 1. The third-order valence-corrected chi connectivity index (χ3v) is 5.60. The first-order valence-electron chi connectivity index (χ1n) is 8.57. The Hall–Kier alpha value is -2.45. The standard InChI is InChI=1S/C19H20N2O4S2/c1-11-7-8-12(25-11)9-10-15(22)20-19(26)21-17-16(18(23)24-2)13-5-3-4-6-14(13)27-17/h7-10H,3-6H2,1-2H3,(H2,20,21,22,26). The lowest BCUT2D eigenvalue weighted by molar-refractivity contribution is -0.115. The van der Waals surface area contributed by atoms with E-state index in [0.29, 0.717) is 16.3 Å². The molecule has 142 valence electrons. The third-order valence-electron chi connectivity index (χ3n) is 4.18. The van der Waals surface area contributed by atoms with Gasteiger partial charge in [-0.05, 0) is 68.6 Å².